The van der Waals surface area contributed by atoms with Crippen molar-refractivity contribution in [3.8, 4) is 11.5 Å². The Morgan fingerprint density at radius 1 is 1.07 bits per heavy atom. The van der Waals surface area contributed by atoms with Gasteiger partial charge in [0, 0.05) is 20.0 Å². The van der Waals surface area contributed by atoms with Gasteiger partial charge in [0.15, 0.2) is 0 Å². The molecule has 2 rings (SSSR count). The number of amides is 2. The van der Waals surface area contributed by atoms with Crippen molar-refractivity contribution in [1.29, 1.82) is 0 Å². The molecule has 6 heteroatoms. The van der Waals surface area contributed by atoms with Crippen LogP contribution < -0.4 is 14.8 Å². The second-order valence-electron chi connectivity index (χ2n) is 7.11. The number of carbonyl (C=O) groups is 2. The summed E-state index contributed by atoms with van der Waals surface area (Å²) in [5.74, 6) is 1.31. The lowest BCUT2D eigenvalue weighted by atomic mass is 10.1. The van der Waals surface area contributed by atoms with Gasteiger partial charge in [0.25, 0.3) is 0 Å². The molecule has 0 aromatic heterocycles. The van der Waals surface area contributed by atoms with Crippen LogP contribution in [0.3, 0.4) is 0 Å². The number of ether oxygens (including phenoxy) is 2. The van der Waals surface area contributed by atoms with Crippen molar-refractivity contribution in [3.63, 3.8) is 0 Å². The summed E-state index contributed by atoms with van der Waals surface area (Å²) < 4.78 is 10.9. The summed E-state index contributed by atoms with van der Waals surface area (Å²) in [6.07, 6.45) is 1.44. The van der Waals surface area contributed by atoms with E-state index in [1.54, 1.807) is 19.1 Å². The van der Waals surface area contributed by atoms with Crippen LogP contribution in [0, 0.1) is 6.92 Å². The molecular formula is C24H32N2O4. The predicted molar refractivity (Wildman–Crippen MR) is 118 cm³/mol. The number of hydrogen-bond acceptors (Lipinski definition) is 4. The van der Waals surface area contributed by atoms with Gasteiger partial charge in [0.05, 0.1) is 13.7 Å². The number of nitrogens with zero attached hydrogens (tertiary/aromatic N) is 1. The Balaban J connectivity index is 2.00. The fraction of sp³-hybridized carbons (Fsp3) is 0.417. The number of aryl methyl sites for hydroxylation is 1. The minimum atomic E-state index is -0.496. The molecule has 30 heavy (non-hydrogen) atoms. The lowest BCUT2D eigenvalue weighted by molar-refractivity contribution is -0.141. The van der Waals surface area contributed by atoms with Gasteiger partial charge in [-0.15, -0.1) is 0 Å². The van der Waals surface area contributed by atoms with Crippen molar-refractivity contribution < 1.29 is 19.1 Å². The van der Waals surface area contributed by atoms with Gasteiger partial charge >= 0.3 is 0 Å². The quantitative estimate of drug-likeness (QED) is 0.571. The van der Waals surface area contributed by atoms with Crippen molar-refractivity contribution in [3.05, 3.63) is 59.7 Å². The normalized spacial score (nSPS) is 11.5. The van der Waals surface area contributed by atoms with Crippen molar-refractivity contribution in [2.24, 2.45) is 0 Å². The maximum atomic E-state index is 13.0. The minimum Gasteiger partial charge on any atom is -0.497 e. The molecule has 0 aliphatic rings. The number of carbonyl (C=O) groups excluding carboxylic acids is 2. The fourth-order valence-corrected chi connectivity index (χ4v) is 3.29. The monoisotopic (exact) mass is 412 g/mol. The van der Waals surface area contributed by atoms with Crippen LogP contribution in [-0.4, -0.2) is 43.5 Å². The van der Waals surface area contributed by atoms with E-state index in [-0.39, 0.29) is 11.8 Å². The highest BCUT2D eigenvalue weighted by atomic mass is 16.5. The molecule has 0 radical (unpaired) electrons. The molecule has 2 amide bonds. The summed E-state index contributed by atoms with van der Waals surface area (Å²) in [6, 6.07) is 14.8. The standard InChI is InChI=1S/C24H32N2O4/c1-5-22(24(28)25-3)26(17-19-10-7-6-9-18(19)2)23(27)11-8-16-30-21-14-12-20(29-4)13-15-21/h6-7,9-10,12-15,22H,5,8,11,16-17H2,1-4H3,(H,25,28)/t22-/m1/s1. The average Bonchev–Trinajstić information content (AvgIpc) is 2.77. The van der Waals surface area contributed by atoms with E-state index in [1.807, 2.05) is 62.4 Å². The van der Waals surface area contributed by atoms with E-state index < -0.39 is 6.04 Å². The maximum absolute atomic E-state index is 13.0. The number of benzene rings is 2. The molecule has 0 aliphatic carbocycles. The molecule has 6 nitrogen and oxygen atoms in total. The zero-order valence-electron chi connectivity index (χ0n) is 18.3. The Morgan fingerprint density at radius 2 is 1.73 bits per heavy atom. The smallest absolute Gasteiger partial charge is 0.242 e. The van der Waals surface area contributed by atoms with Gasteiger partial charge in [-0.05, 0) is 55.2 Å². The second-order valence-corrected chi connectivity index (χ2v) is 7.11. The Bertz CT molecular complexity index is 820. The number of methoxy groups -OCH3 is 1. The van der Waals surface area contributed by atoms with Crippen LogP contribution in [-0.2, 0) is 16.1 Å². The third-order valence-electron chi connectivity index (χ3n) is 5.10. The first-order chi connectivity index (χ1) is 14.5. The number of nitrogens with one attached hydrogen (secondary N) is 1. The van der Waals surface area contributed by atoms with Crippen LogP contribution >= 0.6 is 0 Å². The molecule has 0 saturated heterocycles. The lowest BCUT2D eigenvalue weighted by Gasteiger charge is -2.30. The van der Waals surface area contributed by atoms with Crippen LogP contribution in [0.2, 0.25) is 0 Å². The van der Waals surface area contributed by atoms with Crippen molar-refractivity contribution in [2.45, 2.75) is 45.7 Å². The van der Waals surface area contributed by atoms with E-state index in [0.717, 1.165) is 22.6 Å². The summed E-state index contributed by atoms with van der Waals surface area (Å²) in [5.41, 5.74) is 2.15. The van der Waals surface area contributed by atoms with E-state index in [2.05, 4.69) is 5.32 Å². The summed E-state index contributed by atoms with van der Waals surface area (Å²) in [5, 5.41) is 2.68. The molecule has 1 N–H and O–H groups in total. The molecule has 162 valence electrons. The molecule has 1 atom stereocenters. The minimum absolute atomic E-state index is 0.0490. The second kappa shape index (κ2) is 11.9. The van der Waals surface area contributed by atoms with E-state index in [1.165, 1.54) is 0 Å². The number of likely N-dealkylation sites (N-methyl/N-ethyl adjacent to an activating group) is 1. The van der Waals surface area contributed by atoms with Crippen molar-refractivity contribution >= 4 is 11.8 Å². The Labute approximate surface area is 179 Å². The molecule has 0 heterocycles. The Morgan fingerprint density at radius 3 is 2.33 bits per heavy atom. The summed E-state index contributed by atoms with van der Waals surface area (Å²) in [4.78, 5) is 27.1. The van der Waals surface area contributed by atoms with E-state index >= 15 is 0 Å². The zero-order chi connectivity index (χ0) is 21.9. The van der Waals surface area contributed by atoms with Gasteiger partial charge in [0.1, 0.15) is 17.5 Å². The highest BCUT2D eigenvalue weighted by Crippen LogP contribution is 2.19. The van der Waals surface area contributed by atoms with Crippen LogP contribution in [0.25, 0.3) is 0 Å². The molecule has 0 spiro atoms. The molecule has 0 fully saturated rings. The Hall–Kier alpha value is -3.02. The third kappa shape index (κ3) is 6.51. The SMILES string of the molecule is CC[C@H](C(=O)NC)N(Cc1ccccc1C)C(=O)CCCOc1ccc(OC)cc1. The predicted octanol–water partition coefficient (Wildman–Crippen LogP) is 3.72. The maximum Gasteiger partial charge on any atom is 0.242 e. The average molecular weight is 413 g/mol. The molecule has 0 bridgehead atoms. The summed E-state index contributed by atoms with van der Waals surface area (Å²) in [6.45, 7) is 4.77. The first-order valence-corrected chi connectivity index (χ1v) is 10.3. The van der Waals surface area contributed by atoms with Crippen molar-refractivity contribution in [1.82, 2.24) is 10.2 Å². The van der Waals surface area contributed by atoms with Gasteiger partial charge < -0.3 is 19.7 Å². The molecule has 2 aromatic carbocycles. The van der Waals surface area contributed by atoms with Gasteiger partial charge in [-0.3, -0.25) is 9.59 Å². The topological polar surface area (TPSA) is 67.9 Å². The highest BCUT2D eigenvalue weighted by Gasteiger charge is 2.27. The van der Waals surface area contributed by atoms with Crippen molar-refractivity contribution in [2.75, 3.05) is 20.8 Å². The van der Waals surface area contributed by atoms with Crippen LogP contribution in [0.4, 0.5) is 0 Å². The number of hydrogen-bond donors (Lipinski definition) is 1. The van der Waals surface area contributed by atoms with Gasteiger partial charge in [-0.2, -0.15) is 0 Å². The molecule has 0 aliphatic heterocycles. The molecule has 0 unspecified atom stereocenters. The lowest BCUT2D eigenvalue weighted by Crippen LogP contribution is -2.48. The van der Waals surface area contributed by atoms with E-state index in [0.29, 0.717) is 32.4 Å². The first-order valence-electron chi connectivity index (χ1n) is 10.3. The summed E-state index contributed by atoms with van der Waals surface area (Å²) >= 11 is 0. The summed E-state index contributed by atoms with van der Waals surface area (Å²) in [7, 11) is 3.22. The van der Waals surface area contributed by atoms with E-state index in [9.17, 15) is 9.59 Å². The van der Waals surface area contributed by atoms with Gasteiger partial charge in [-0.25, -0.2) is 0 Å². The van der Waals surface area contributed by atoms with Gasteiger partial charge in [-0.1, -0.05) is 31.2 Å². The largest absolute Gasteiger partial charge is 0.497 e. The fourth-order valence-electron chi connectivity index (χ4n) is 3.29. The molecule has 2 aromatic rings. The third-order valence-corrected chi connectivity index (χ3v) is 5.10. The highest BCUT2D eigenvalue weighted by molar-refractivity contribution is 5.87. The van der Waals surface area contributed by atoms with Crippen LogP contribution in [0.5, 0.6) is 11.5 Å². The van der Waals surface area contributed by atoms with Crippen LogP contribution in [0.1, 0.15) is 37.3 Å². The zero-order valence-corrected chi connectivity index (χ0v) is 18.3. The Kier molecular flexibility index (Phi) is 9.19. The van der Waals surface area contributed by atoms with E-state index in [4.69, 9.17) is 9.47 Å². The number of rotatable bonds is 11. The molecule has 0 saturated carbocycles. The van der Waals surface area contributed by atoms with Gasteiger partial charge in [0.2, 0.25) is 11.8 Å². The molecular weight excluding hydrogens is 380 g/mol. The first kappa shape index (κ1) is 23.3. The van der Waals surface area contributed by atoms with Crippen LogP contribution in [0.15, 0.2) is 48.5 Å².